The highest BCUT2D eigenvalue weighted by molar-refractivity contribution is 8.78. The zero-order valence-electron chi connectivity index (χ0n) is 5.23. The largest absolute Gasteiger partial charge is 0.266 e. The highest BCUT2D eigenvalue weighted by Gasteiger charge is 1.85. The zero-order valence-corrected chi connectivity index (χ0v) is 6.86. The van der Waals surface area contributed by atoms with E-state index in [4.69, 9.17) is 0 Å². The summed E-state index contributed by atoms with van der Waals surface area (Å²) in [5.74, 6) is 1.20. The molecule has 0 atom stereocenters. The van der Waals surface area contributed by atoms with Gasteiger partial charge >= 0.3 is 0 Å². The molecule has 54 valence electrons. The summed E-state index contributed by atoms with van der Waals surface area (Å²) in [6.07, 6.45) is 5.40. The molecule has 2 heterocycles. The minimum atomic E-state index is 1.20. The third-order valence-electron chi connectivity index (χ3n) is 0.715. The van der Waals surface area contributed by atoms with Crippen molar-refractivity contribution in [1.29, 1.82) is 0 Å². The Balaban J connectivity index is 0.0000001000. The first kappa shape index (κ1) is 7.68. The molecule has 1 N–H and O–H groups in total. The molecular formula is C5H7N3S2. The third kappa shape index (κ3) is 3.58. The average molecular weight is 173 g/mol. The van der Waals surface area contributed by atoms with Crippen molar-refractivity contribution in [2.24, 2.45) is 0 Å². The van der Waals surface area contributed by atoms with Crippen LogP contribution >= 0.6 is 21.6 Å². The predicted molar refractivity (Wildman–Crippen MR) is 45.6 cm³/mol. The van der Waals surface area contributed by atoms with Crippen molar-refractivity contribution in [2.45, 2.75) is 0 Å². The second-order valence-electron chi connectivity index (χ2n) is 1.41. The summed E-state index contributed by atoms with van der Waals surface area (Å²) in [7, 11) is 3.69. The van der Waals surface area contributed by atoms with Crippen LogP contribution in [0.1, 0.15) is 0 Å². The Morgan fingerprint density at radius 2 is 2.50 bits per heavy atom. The highest BCUT2D eigenvalue weighted by atomic mass is 33.1. The quantitative estimate of drug-likeness (QED) is 0.606. The van der Waals surface area contributed by atoms with Crippen LogP contribution in [-0.4, -0.2) is 21.2 Å². The van der Waals surface area contributed by atoms with Gasteiger partial charge in [0.1, 0.15) is 0 Å². The standard InChI is InChI=1S/C3H4S2.C2H3N3/c2*1-2-4-5-3-1/h1-2H,3H2;1-2H,(H,3,4,5). The number of hydrogen-bond acceptors (Lipinski definition) is 4. The summed E-state index contributed by atoms with van der Waals surface area (Å²) in [6.45, 7) is 0. The van der Waals surface area contributed by atoms with Gasteiger partial charge in [-0.1, -0.05) is 32.9 Å². The van der Waals surface area contributed by atoms with Crippen molar-refractivity contribution in [1.82, 2.24) is 15.4 Å². The van der Waals surface area contributed by atoms with Gasteiger partial charge in [0.15, 0.2) is 0 Å². The van der Waals surface area contributed by atoms with Gasteiger partial charge < -0.3 is 0 Å². The van der Waals surface area contributed by atoms with Crippen molar-refractivity contribution in [3.8, 4) is 0 Å². The van der Waals surface area contributed by atoms with E-state index in [1.807, 2.05) is 21.6 Å². The number of aromatic nitrogens is 3. The lowest BCUT2D eigenvalue weighted by atomic mass is 10.8. The second-order valence-corrected chi connectivity index (χ2v) is 3.73. The third-order valence-corrected chi connectivity index (χ3v) is 2.63. The van der Waals surface area contributed by atoms with E-state index in [9.17, 15) is 0 Å². The fraction of sp³-hybridized carbons (Fsp3) is 0.200. The molecule has 0 spiro atoms. The molecule has 0 fully saturated rings. The molecular weight excluding hydrogens is 166 g/mol. The van der Waals surface area contributed by atoms with Gasteiger partial charge in [-0.25, -0.2) is 0 Å². The highest BCUT2D eigenvalue weighted by Crippen LogP contribution is 2.27. The molecule has 1 aliphatic rings. The van der Waals surface area contributed by atoms with E-state index in [0.29, 0.717) is 0 Å². The van der Waals surface area contributed by atoms with Crippen LogP contribution in [0.2, 0.25) is 0 Å². The average Bonchev–Trinajstić information content (AvgIpc) is 2.67. The van der Waals surface area contributed by atoms with Crippen LogP contribution in [0, 0.1) is 0 Å². The number of aromatic amines is 1. The fourth-order valence-corrected chi connectivity index (χ4v) is 1.93. The molecule has 1 aliphatic heterocycles. The number of nitrogens with zero attached hydrogens (tertiary/aromatic N) is 2. The Bertz CT molecular complexity index is 150. The van der Waals surface area contributed by atoms with Gasteiger partial charge in [0, 0.05) is 11.9 Å². The van der Waals surface area contributed by atoms with Gasteiger partial charge in [-0.15, -0.1) is 5.10 Å². The Labute approximate surface area is 67.1 Å². The van der Waals surface area contributed by atoms with Crippen molar-refractivity contribution >= 4 is 21.6 Å². The van der Waals surface area contributed by atoms with Crippen molar-refractivity contribution in [3.63, 3.8) is 0 Å². The lowest BCUT2D eigenvalue weighted by molar-refractivity contribution is 0.940. The van der Waals surface area contributed by atoms with E-state index in [1.165, 1.54) is 5.75 Å². The van der Waals surface area contributed by atoms with Gasteiger partial charge in [0.05, 0.1) is 6.20 Å². The van der Waals surface area contributed by atoms with E-state index in [2.05, 4.69) is 26.9 Å². The Morgan fingerprint density at radius 1 is 1.50 bits per heavy atom. The molecule has 0 bridgehead atoms. The van der Waals surface area contributed by atoms with Gasteiger partial charge in [-0.2, -0.15) is 0 Å². The van der Waals surface area contributed by atoms with E-state index in [1.54, 1.807) is 12.4 Å². The van der Waals surface area contributed by atoms with Crippen LogP contribution in [0.25, 0.3) is 0 Å². The van der Waals surface area contributed by atoms with Crippen LogP contribution in [0.5, 0.6) is 0 Å². The van der Waals surface area contributed by atoms with Crippen molar-refractivity contribution < 1.29 is 0 Å². The molecule has 1 aromatic heterocycles. The molecule has 0 aromatic carbocycles. The second kappa shape index (κ2) is 5.37. The summed E-state index contributed by atoms with van der Waals surface area (Å²) >= 11 is 0. The molecule has 5 heteroatoms. The summed E-state index contributed by atoms with van der Waals surface area (Å²) < 4.78 is 0. The van der Waals surface area contributed by atoms with Crippen molar-refractivity contribution in [3.05, 3.63) is 23.9 Å². The number of nitrogens with one attached hydrogen (secondary N) is 1. The maximum atomic E-state index is 3.42. The van der Waals surface area contributed by atoms with Crippen LogP contribution in [0.3, 0.4) is 0 Å². The molecule has 3 nitrogen and oxygen atoms in total. The SMILES string of the molecule is C1=CSSC1.c1c[nH]nn1. The molecule has 1 aromatic rings. The number of H-pyrrole nitrogens is 1. The molecule has 0 aliphatic carbocycles. The molecule has 0 unspecified atom stereocenters. The van der Waals surface area contributed by atoms with Gasteiger partial charge in [0.2, 0.25) is 0 Å². The van der Waals surface area contributed by atoms with E-state index in [0.717, 1.165) is 0 Å². The molecule has 10 heavy (non-hydrogen) atoms. The molecule has 0 amide bonds. The maximum absolute atomic E-state index is 3.42. The molecule has 0 saturated heterocycles. The van der Waals surface area contributed by atoms with Crippen LogP contribution < -0.4 is 0 Å². The lowest BCUT2D eigenvalue weighted by Crippen LogP contribution is -1.61. The van der Waals surface area contributed by atoms with Crippen molar-refractivity contribution in [2.75, 3.05) is 5.75 Å². The molecule has 2 rings (SSSR count). The minimum absolute atomic E-state index is 1.20. The first-order valence-electron chi connectivity index (χ1n) is 2.74. The predicted octanol–water partition coefficient (Wildman–Crippen LogP) is 1.70. The number of hydrogen-bond donors (Lipinski definition) is 1. The summed E-state index contributed by atoms with van der Waals surface area (Å²) in [6, 6.07) is 0. The molecule has 0 radical (unpaired) electrons. The van der Waals surface area contributed by atoms with Gasteiger partial charge in [-0.05, 0) is 5.41 Å². The Kier molecular flexibility index (Phi) is 4.13. The topological polar surface area (TPSA) is 41.6 Å². The smallest absolute Gasteiger partial charge is 0.0690 e. The maximum Gasteiger partial charge on any atom is 0.0690 e. The van der Waals surface area contributed by atoms with Crippen LogP contribution in [0.4, 0.5) is 0 Å². The normalized spacial score (nSPS) is 14.4. The zero-order chi connectivity index (χ0) is 7.07. The Hall–Kier alpha value is -0.420. The summed E-state index contributed by atoms with van der Waals surface area (Å²) in [5.41, 5.74) is 0. The van der Waals surface area contributed by atoms with E-state index >= 15 is 0 Å². The van der Waals surface area contributed by atoms with E-state index in [-0.39, 0.29) is 0 Å². The summed E-state index contributed by atoms with van der Waals surface area (Å²) in [4.78, 5) is 0. The Morgan fingerprint density at radius 3 is 2.70 bits per heavy atom. The first-order valence-corrected chi connectivity index (χ1v) is 5.12. The van der Waals surface area contributed by atoms with E-state index < -0.39 is 0 Å². The monoisotopic (exact) mass is 173 g/mol. The lowest BCUT2D eigenvalue weighted by Gasteiger charge is -1.69. The number of rotatable bonds is 0. The fourth-order valence-electron chi connectivity index (χ4n) is 0.363. The first-order chi connectivity index (χ1) is 5.00. The van der Waals surface area contributed by atoms with Crippen LogP contribution in [0.15, 0.2) is 23.9 Å². The van der Waals surface area contributed by atoms with Gasteiger partial charge in [0.25, 0.3) is 0 Å². The minimum Gasteiger partial charge on any atom is -0.266 e. The molecule has 0 saturated carbocycles. The summed E-state index contributed by atoms with van der Waals surface area (Å²) in [5, 5.41) is 11.4. The van der Waals surface area contributed by atoms with Crippen LogP contribution in [-0.2, 0) is 0 Å². The van der Waals surface area contributed by atoms with Gasteiger partial charge in [-0.3, -0.25) is 5.10 Å².